The monoisotopic (exact) mass is 382 g/mol. The van der Waals surface area contributed by atoms with E-state index in [4.69, 9.17) is 0 Å². The van der Waals surface area contributed by atoms with E-state index in [2.05, 4.69) is 10.2 Å². The predicted octanol–water partition coefficient (Wildman–Crippen LogP) is 1.44. The molecule has 0 aliphatic carbocycles. The van der Waals surface area contributed by atoms with Crippen LogP contribution in [0.25, 0.3) is 0 Å². The summed E-state index contributed by atoms with van der Waals surface area (Å²) in [5.74, 6) is -0.333. The van der Waals surface area contributed by atoms with E-state index < -0.39 is 10.0 Å². The Morgan fingerprint density at radius 2 is 1.69 bits per heavy atom. The third kappa shape index (κ3) is 6.59. The fraction of sp³-hybridized carbons (Fsp3) is 0.611. The summed E-state index contributed by atoms with van der Waals surface area (Å²) >= 11 is 0. The van der Waals surface area contributed by atoms with Crippen LogP contribution in [-0.2, 0) is 14.8 Å². The van der Waals surface area contributed by atoms with Gasteiger partial charge in [-0.1, -0.05) is 0 Å². The van der Waals surface area contributed by atoms with Crippen LogP contribution in [-0.4, -0.2) is 76.6 Å². The molecule has 0 atom stereocenters. The first-order chi connectivity index (χ1) is 12.3. The van der Waals surface area contributed by atoms with Gasteiger partial charge in [-0.25, -0.2) is 8.42 Å². The molecule has 0 bridgehead atoms. The lowest BCUT2D eigenvalue weighted by molar-refractivity contribution is -0.116. The summed E-state index contributed by atoms with van der Waals surface area (Å²) in [4.78, 5) is 16.5. The fourth-order valence-corrected chi connectivity index (χ4v) is 3.71. The maximum Gasteiger partial charge on any atom is 0.239 e. The highest BCUT2D eigenvalue weighted by atomic mass is 32.2. The smallest absolute Gasteiger partial charge is 0.239 e. The molecule has 7 nitrogen and oxygen atoms in total. The second-order valence-corrected chi connectivity index (χ2v) is 9.03. The van der Waals surface area contributed by atoms with E-state index in [-0.39, 0.29) is 19.0 Å². The van der Waals surface area contributed by atoms with E-state index in [1.807, 2.05) is 43.3 Å². The van der Waals surface area contributed by atoms with Crippen LogP contribution in [0.15, 0.2) is 24.3 Å². The third-order valence-corrected chi connectivity index (χ3v) is 5.71. The summed E-state index contributed by atoms with van der Waals surface area (Å²) < 4.78 is 24.9. The Morgan fingerprint density at radius 3 is 2.23 bits per heavy atom. The number of anilines is 2. The van der Waals surface area contributed by atoms with Crippen molar-refractivity contribution in [3.05, 3.63) is 24.3 Å². The van der Waals surface area contributed by atoms with E-state index in [1.54, 1.807) is 0 Å². The predicted molar refractivity (Wildman–Crippen MR) is 106 cm³/mol. The van der Waals surface area contributed by atoms with Gasteiger partial charge in [0.05, 0.1) is 12.8 Å². The van der Waals surface area contributed by atoms with E-state index in [0.717, 1.165) is 25.0 Å². The first-order valence-electron chi connectivity index (χ1n) is 9.00. The highest BCUT2D eigenvalue weighted by Gasteiger charge is 2.20. The fourth-order valence-electron chi connectivity index (χ4n) is 2.94. The molecule has 0 radical (unpaired) electrons. The molecule has 26 heavy (non-hydrogen) atoms. The molecule has 0 unspecified atom stereocenters. The van der Waals surface area contributed by atoms with Crippen molar-refractivity contribution in [1.29, 1.82) is 0 Å². The lowest BCUT2D eigenvalue weighted by Gasteiger charge is -2.28. The van der Waals surface area contributed by atoms with Crippen molar-refractivity contribution in [3.8, 4) is 0 Å². The molecule has 2 rings (SSSR count). The zero-order valence-electron chi connectivity index (χ0n) is 15.9. The molecule has 1 aliphatic heterocycles. The molecule has 1 aromatic rings. The van der Waals surface area contributed by atoms with Crippen molar-refractivity contribution in [3.63, 3.8) is 0 Å². The largest absolute Gasteiger partial charge is 0.372 e. The molecule has 1 fully saturated rings. The summed E-state index contributed by atoms with van der Waals surface area (Å²) in [6.45, 7) is 2.81. The number of likely N-dealkylation sites (N-methyl/N-ethyl adjacent to an activating group) is 1. The van der Waals surface area contributed by atoms with Gasteiger partial charge in [0, 0.05) is 37.6 Å². The Morgan fingerprint density at radius 1 is 1.08 bits per heavy atom. The maximum absolute atomic E-state index is 12.3. The van der Waals surface area contributed by atoms with Gasteiger partial charge in [-0.3, -0.25) is 4.79 Å². The molecule has 1 saturated heterocycles. The number of nitrogens with one attached hydrogen (secondary N) is 1. The number of sulfonamides is 1. The summed E-state index contributed by atoms with van der Waals surface area (Å²) in [5, 5.41) is 2.79. The Kier molecular flexibility index (Phi) is 7.43. The minimum atomic E-state index is -3.43. The molecular weight excluding hydrogens is 352 g/mol. The molecule has 1 heterocycles. The highest BCUT2D eigenvalue weighted by molar-refractivity contribution is 7.88. The molecule has 146 valence electrons. The van der Waals surface area contributed by atoms with Crippen LogP contribution in [0.1, 0.15) is 19.3 Å². The van der Waals surface area contributed by atoms with E-state index >= 15 is 0 Å². The van der Waals surface area contributed by atoms with Crippen LogP contribution in [0.4, 0.5) is 11.4 Å². The van der Waals surface area contributed by atoms with Gasteiger partial charge in [0.2, 0.25) is 15.9 Å². The van der Waals surface area contributed by atoms with Gasteiger partial charge in [0.25, 0.3) is 0 Å². The second kappa shape index (κ2) is 9.34. The molecule has 8 heteroatoms. The van der Waals surface area contributed by atoms with Crippen molar-refractivity contribution >= 4 is 27.3 Å². The Balaban J connectivity index is 1.92. The molecule has 1 aromatic carbocycles. The quantitative estimate of drug-likeness (QED) is 0.737. The molecule has 1 aliphatic rings. The van der Waals surface area contributed by atoms with Gasteiger partial charge >= 0.3 is 0 Å². The number of benzene rings is 1. The van der Waals surface area contributed by atoms with Crippen LogP contribution < -0.4 is 10.2 Å². The number of piperidine rings is 1. The highest BCUT2D eigenvalue weighted by Crippen LogP contribution is 2.21. The standard InChI is InChI=1S/C18H30N4O3S/c1-20(2)13-14-22(26(3,24)25)15-18(23)19-16-7-9-17(10-8-16)21-11-5-4-6-12-21/h7-10H,4-6,11-15H2,1-3H3,(H,19,23). The first kappa shape index (κ1) is 20.7. The summed E-state index contributed by atoms with van der Waals surface area (Å²) in [6.07, 6.45) is 4.85. The Hall–Kier alpha value is -1.64. The van der Waals surface area contributed by atoms with Gasteiger partial charge in [-0.15, -0.1) is 0 Å². The van der Waals surface area contributed by atoms with Crippen LogP contribution in [0.5, 0.6) is 0 Å². The molecule has 0 spiro atoms. The van der Waals surface area contributed by atoms with Crippen LogP contribution in [0, 0.1) is 0 Å². The Labute approximate surface area is 157 Å². The number of carbonyl (C=O) groups excluding carboxylic acids is 1. The molecular formula is C18H30N4O3S. The van der Waals surface area contributed by atoms with Crippen molar-refractivity contribution < 1.29 is 13.2 Å². The number of rotatable bonds is 8. The van der Waals surface area contributed by atoms with Gasteiger partial charge in [0.1, 0.15) is 0 Å². The van der Waals surface area contributed by atoms with E-state index in [1.165, 1.54) is 23.6 Å². The minimum Gasteiger partial charge on any atom is -0.372 e. The summed E-state index contributed by atoms with van der Waals surface area (Å²) in [7, 11) is 0.301. The zero-order valence-corrected chi connectivity index (χ0v) is 16.8. The van der Waals surface area contributed by atoms with Crippen molar-refractivity contribution in [2.45, 2.75) is 19.3 Å². The van der Waals surface area contributed by atoms with Gasteiger partial charge in [-0.2, -0.15) is 4.31 Å². The number of hydrogen-bond acceptors (Lipinski definition) is 5. The first-order valence-corrected chi connectivity index (χ1v) is 10.9. The van der Waals surface area contributed by atoms with E-state index in [0.29, 0.717) is 12.2 Å². The maximum atomic E-state index is 12.3. The molecule has 1 amide bonds. The molecule has 0 aromatic heterocycles. The third-order valence-electron chi connectivity index (χ3n) is 4.46. The van der Waals surface area contributed by atoms with Crippen molar-refractivity contribution in [2.75, 3.05) is 63.3 Å². The van der Waals surface area contributed by atoms with Gasteiger partial charge in [0.15, 0.2) is 0 Å². The number of nitrogens with zero attached hydrogens (tertiary/aromatic N) is 3. The summed E-state index contributed by atoms with van der Waals surface area (Å²) in [6, 6.07) is 7.74. The number of hydrogen-bond donors (Lipinski definition) is 1. The SMILES string of the molecule is CN(C)CCN(CC(=O)Nc1ccc(N2CCCCC2)cc1)S(C)(=O)=O. The average molecular weight is 383 g/mol. The van der Waals surface area contributed by atoms with Crippen LogP contribution in [0.2, 0.25) is 0 Å². The minimum absolute atomic E-state index is 0.180. The molecule has 0 saturated carbocycles. The van der Waals surface area contributed by atoms with Crippen molar-refractivity contribution in [2.24, 2.45) is 0 Å². The zero-order chi connectivity index (χ0) is 19.2. The number of amides is 1. The van der Waals surface area contributed by atoms with Crippen LogP contribution in [0.3, 0.4) is 0 Å². The Bertz CT molecular complexity index is 683. The molecule has 1 N–H and O–H groups in total. The van der Waals surface area contributed by atoms with Crippen molar-refractivity contribution in [1.82, 2.24) is 9.21 Å². The van der Waals surface area contributed by atoms with Crippen LogP contribution >= 0.6 is 0 Å². The summed E-state index contributed by atoms with van der Waals surface area (Å²) in [5.41, 5.74) is 1.84. The van der Waals surface area contributed by atoms with Gasteiger partial charge < -0.3 is 15.1 Å². The van der Waals surface area contributed by atoms with E-state index in [9.17, 15) is 13.2 Å². The normalized spacial score (nSPS) is 15.5. The number of carbonyl (C=O) groups is 1. The lowest BCUT2D eigenvalue weighted by atomic mass is 10.1. The average Bonchev–Trinajstić information content (AvgIpc) is 2.59. The lowest BCUT2D eigenvalue weighted by Crippen LogP contribution is -2.41. The second-order valence-electron chi connectivity index (χ2n) is 7.04. The van der Waals surface area contributed by atoms with Gasteiger partial charge in [-0.05, 0) is 57.6 Å². The topological polar surface area (TPSA) is 73.0 Å².